The number of nitrogens with zero attached hydrogens (tertiary/aromatic N) is 3. The van der Waals surface area contributed by atoms with Crippen LogP contribution in [0, 0.1) is 0 Å². The van der Waals surface area contributed by atoms with Crippen molar-refractivity contribution in [3.8, 4) is 10.6 Å². The van der Waals surface area contributed by atoms with Crippen LogP contribution in [-0.2, 0) is 25.6 Å². The molecule has 0 bridgehead atoms. The first kappa shape index (κ1) is 22.2. The Morgan fingerprint density at radius 3 is 2.72 bits per heavy atom. The van der Waals surface area contributed by atoms with E-state index in [4.69, 9.17) is 5.11 Å². The predicted octanol–water partition coefficient (Wildman–Crippen LogP) is 5.22. The lowest BCUT2D eigenvalue weighted by atomic mass is 9.95. The largest absolute Gasteiger partial charge is 0.478 e. The maximum atomic E-state index is 13.6. The van der Waals surface area contributed by atoms with E-state index < -0.39 is 17.7 Å². The van der Waals surface area contributed by atoms with Crippen LogP contribution in [0.2, 0.25) is 0 Å². The van der Waals surface area contributed by atoms with E-state index in [-0.39, 0.29) is 22.1 Å². The van der Waals surface area contributed by atoms with Crippen LogP contribution in [0.15, 0.2) is 29.8 Å². The van der Waals surface area contributed by atoms with Gasteiger partial charge in [0.1, 0.15) is 5.56 Å². The number of carbonyl (C=O) groups is 1. The zero-order valence-corrected chi connectivity index (χ0v) is 18.3. The number of carboxylic acids is 1. The molecule has 3 aromatic rings. The molecule has 0 spiro atoms. The van der Waals surface area contributed by atoms with E-state index >= 15 is 0 Å². The first-order chi connectivity index (χ1) is 15.2. The molecule has 2 aromatic heterocycles. The second kappa shape index (κ2) is 8.51. The van der Waals surface area contributed by atoms with E-state index in [1.54, 1.807) is 0 Å². The van der Waals surface area contributed by atoms with Gasteiger partial charge >= 0.3 is 12.1 Å². The zero-order valence-electron chi connectivity index (χ0n) is 17.5. The molecule has 4 rings (SSSR count). The molecule has 1 aromatic carbocycles. The Labute approximate surface area is 186 Å². The number of halogens is 3. The summed E-state index contributed by atoms with van der Waals surface area (Å²) in [5, 5.41) is 13.5. The van der Waals surface area contributed by atoms with Gasteiger partial charge in [-0.2, -0.15) is 13.2 Å². The van der Waals surface area contributed by atoms with Crippen LogP contribution >= 0.6 is 11.3 Å². The van der Waals surface area contributed by atoms with Crippen molar-refractivity contribution in [2.45, 2.75) is 32.5 Å². The van der Waals surface area contributed by atoms with Gasteiger partial charge in [0.15, 0.2) is 0 Å². The van der Waals surface area contributed by atoms with E-state index in [0.717, 1.165) is 54.7 Å². The van der Waals surface area contributed by atoms with Gasteiger partial charge in [-0.15, -0.1) is 11.3 Å². The number of fused-ring (bicyclic) bond motifs is 1. The fourth-order valence-corrected chi connectivity index (χ4v) is 4.63. The first-order valence-electron chi connectivity index (χ1n) is 10.0. The molecule has 0 unspecified atom stereocenters. The summed E-state index contributed by atoms with van der Waals surface area (Å²) in [4.78, 5) is 21.6. The molecule has 1 aliphatic heterocycles. The molecule has 6 nitrogen and oxygen atoms in total. The van der Waals surface area contributed by atoms with Crippen molar-refractivity contribution in [3.63, 3.8) is 0 Å². The minimum Gasteiger partial charge on any atom is -0.478 e. The Morgan fingerprint density at radius 2 is 2.06 bits per heavy atom. The molecule has 0 amide bonds. The minimum absolute atomic E-state index is 0.0286. The molecule has 0 fully saturated rings. The molecule has 2 N–H and O–H groups in total. The second-order valence-electron chi connectivity index (χ2n) is 7.70. The number of aryl methyl sites for hydroxylation is 1. The average molecular weight is 462 g/mol. The number of rotatable bonds is 5. The number of aromatic carboxylic acids is 1. The van der Waals surface area contributed by atoms with Crippen LogP contribution in [0.4, 0.5) is 24.8 Å². The third-order valence-corrected chi connectivity index (χ3v) is 6.37. The van der Waals surface area contributed by atoms with Crippen molar-refractivity contribution < 1.29 is 23.1 Å². The van der Waals surface area contributed by atoms with Crippen LogP contribution in [0.1, 0.15) is 39.5 Å². The lowest BCUT2D eigenvalue weighted by Crippen LogP contribution is -2.26. The van der Waals surface area contributed by atoms with Crippen molar-refractivity contribution in [2.24, 2.45) is 0 Å². The molecule has 168 valence electrons. The van der Waals surface area contributed by atoms with Gasteiger partial charge in [0, 0.05) is 30.4 Å². The fraction of sp³-hybridized carbons (Fsp3) is 0.318. The molecule has 0 aliphatic carbocycles. The van der Waals surface area contributed by atoms with Gasteiger partial charge in [-0.05, 0) is 48.7 Å². The highest BCUT2D eigenvalue weighted by Gasteiger charge is 2.36. The van der Waals surface area contributed by atoms with E-state index in [9.17, 15) is 18.0 Å². The quantitative estimate of drug-likeness (QED) is 0.542. The van der Waals surface area contributed by atoms with Crippen LogP contribution in [0.3, 0.4) is 0 Å². The normalized spacial score (nSPS) is 14.3. The van der Waals surface area contributed by atoms with Gasteiger partial charge in [-0.25, -0.2) is 14.8 Å². The number of benzene rings is 1. The smallest absolute Gasteiger partial charge is 0.420 e. The third kappa shape index (κ3) is 4.46. The number of thiophene rings is 1. The van der Waals surface area contributed by atoms with E-state index in [2.05, 4.69) is 33.3 Å². The lowest BCUT2D eigenvalue weighted by Gasteiger charge is -2.26. The molecule has 1 aliphatic rings. The molecule has 0 saturated carbocycles. The predicted molar refractivity (Wildman–Crippen MR) is 116 cm³/mol. The van der Waals surface area contributed by atoms with E-state index in [1.807, 2.05) is 13.0 Å². The molecular weight excluding hydrogens is 441 g/mol. The Bertz CT molecular complexity index is 1180. The summed E-state index contributed by atoms with van der Waals surface area (Å²) < 4.78 is 40.7. The Hall–Kier alpha value is -2.98. The van der Waals surface area contributed by atoms with Crippen molar-refractivity contribution in [2.75, 3.05) is 18.9 Å². The molecule has 32 heavy (non-hydrogen) atoms. The fourth-order valence-electron chi connectivity index (χ4n) is 3.74. The molecule has 0 atom stereocenters. The zero-order chi connectivity index (χ0) is 23.0. The summed E-state index contributed by atoms with van der Waals surface area (Å²) in [6, 6.07) is 5.34. The van der Waals surface area contributed by atoms with Gasteiger partial charge in [0.2, 0.25) is 5.95 Å². The number of aromatic nitrogens is 2. The first-order valence-corrected chi connectivity index (χ1v) is 10.9. The topological polar surface area (TPSA) is 78.3 Å². The Kier molecular flexibility index (Phi) is 5.91. The summed E-state index contributed by atoms with van der Waals surface area (Å²) in [5.74, 6) is -1.18. The SMILES string of the molecule is CCc1cc2c(cc1Nc1ncc(C(F)(F)F)c(-c3cc(C(=O)O)cs3)n1)CCN(C)C2. The number of anilines is 2. The molecule has 10 heteroatoms. The van der Waals surface area contributed by atoms with Crippen molar-refractivity contribution in [1.29, 1.82) is 0 Å². The minimum atomic E-state index is -4.67. The van der Waals surface area contributed by atoms with Gasteiger partial charge in [-0.1, -0.05) is 13.0 Å². The van der Waals surface area contributed by atoms with Gasteiger partial charge in [0.05, 0.1) is 16.1 Å². The third-order valence-electron chi connectivity index (χ3n) is 5.43. The van der Waals surface area contributed by atoms with Crippen molar-refractivity contribution >= 4 is 28.9 Å². The van der Waals surface area contributed by atoms with Crippen LogP contribution in [0.5, 0.6) is 0 Å². The summed E-state index contributed by atoms with van der Waals surface area (Å²) in [5.41, 5.74) is 2.79. The molecule has 3 heterocycles. The highest BCUT2D eigenvalue weighted by Crippen LogP contribution is 2.39. The number of alkyl halides is 3. The van der Waals surface area contributed by atoms with Crippen LogP contribution in [-0.4, -0.2) is 39.5 Å². The molecular formula is C22H21F3N4O2S. The number of likely N-dealkylation sites (N-methyl/N-ethyl adjacent to an activating group) is 1. The number of carboxylic acid groups (broad SMARTS) is 1. The van der Waals surface area contributed by atoms with Gasteiger partial charge < -0.3 is 15.3 Å². The number of hydrogen-bond acceptors (Lipinski definition) is 6. The Balaban J connectivity index is 1.74. The van der Waals surface area contributed by atoms with E-state index in [1.165, 1.54) is 22.6 Å². The van der Waals surface area contributed by atoms with Crippen LogP contribution in [0.25, 0.3) is 10.6 Å². The van der Waals surface area contributed by atoms with Gasteiger partial charge in [0.25, 0.3) is 0 Å². The summed E-state index contributed by atoms with van der Waals surface area (Å²) >= 11 is 0.899. The average Bonchev–Trinajstić information content (AvgIpc) is 3.23. The van der Waals surface area contributed by atoms with Crippen LogP contribution < -0.4 is 5.32 Å². The standard InChI is InChI=1S/C22H21F3N4O2S/c1-3-12-6-14-10-29(2)5-4-13(14)7-17(12)27-21-26-9-16(22(23,24)25)19(28-21)18-8-15(11-32-18)20(30)31/h6-9,11H,3-5,10H2,1-2H3,(H,30,31)(H,26,27,28). The lowest BCUT2D eigenvalue weighted by molar-refractivity contribution is -0.137. The molecule has 0 saturated heterocycles. The van der Waals surface area contributed by atoms with Crippen molar-refractivity contribution in [1.82, 2.24) is 14.9 Å². The monoisotopic (exact) mass is 462 g/mol. The number of hydrogen-bond donors (Lipinski definition) is 2. The maximum Gasteiger partial charge on any atom is 0.420 e. The Morgan fingerprint density at radius 1 is 1.28 bits per heavy atom. The van der Waals surface area contributed by atoms with E-state index in [0.29, 0.717) is 0 Å². The van der Waals surface area contributed by atoms with Gasteiger partial charge in [-0.3, -0.25) is 0 Å². The maximum absolute atomic E-state index is 13.6. The summed E-state index contributed by atoms with van der Waals surface area (Å²) in [7, 11) is 2.07. The second-order valence-corrected chi connectivity index (χ2v) is 8.61. The summed E-state index contributed by atoms with van der Waals surface area (Å²) in [6.07, 6.45) is -2.31. The molecule has 0 radical (unpaired) electrons. The summed E-state index contributed by atoms with van der Waals surface area (Å²) in [6.45, 7) is 3.80. The van der Waals surface area contributed by atoms with Crippen molar-refractivity contribution in [3.05, 3.63) is 57.6 Å². The highest BCUT2D eigenvalue weighted by atomic mass is 32.1. The highest BCUT2D eigenvalue weighted by molar-refractivity contribution is 7.13. The number of nitrogens with one attached hydrogen (secondary N) is 1.